The van der Waals surface area contributed by atoms with Gasteiger partial charge in [0.1, 0.15) is 22.9 Å². The van der Waals surface area contributed by atoms with Crippen molar-refractivity contribution in [1.82, 2.24) is 24.5 Å². The predicted molar refractivity (Wildman–Crippen MR) is 123 cm³/mol. The van der Waals surface area contributed by atoms with E-state index in [1.165, 1.54) is 20.4 Å². The fourth-order valence-corrected chi connectivity index (χ4v) is 3.77. The first-order valence-corrected chi connectivity index (χ1v) is 11.8. The number of para-hydroxylation sites is 1. The number of hydrogen-bond donors (Lipinski definition) is 1. The first-order chi connectivity index (χ1) is 15.8. The van der Waals surface area contributed by atoms with E-state index in [2.05, 4.69) is 24.7 Å². The molecule has 4 aromatic rings. The van der Waals surface area contributed by atoms with Gasteiger partial charge in [-0.05, 0) is 25.1 Å². The van der Waals surface area contributed by atoms with Gasteiger partial charge in [0.25, 0.3) is 0 Å². The molecule has 1 aromatic carbocycles. The van der Waals surface area contributed by atoms with E-state index in [-0.39, 0.29) is 17.1 Å². The minimum absolute atomic E-state index is 0.0441. The molecular weight excluding hydrogens is 448 g/mol. The number of pyridine rings is 1. The van der Waals surface area contributed by atoms with Crippen LogP contribution in [-0.4, -0.2) is 60.0 Å². The highest BCUT2D eigenvalue weighted by Crippen LogP contribution is 2.37. The third kappa shape index (κ3) is 4.51. The molecule has 0 aliphatic rings. The lowest BCUT2D eigenvalue weighted by Crippen LogP contribution is -2.12. The number of anilines is 1. The van der Waals surface area contributed by atoms with Crippen LogP contribution >= 0.6 is 0 Å². The van der Waals surface area contributed by atoms with E-state index in [0.29, 0.717) is 41.2 Å². The lowest BCUT2D eigenvalue weighted by atomic mass is 10.2. The number of aromatic nitrogens is 5. The minimum Gasteiger partial charge on any atom is -0.494 e. The summed E-state index contributed by atoms with van der Waals surface area (Å²) < 4.78 is 44.2. The number of fused-ring (bicyclic) bond motifs is 1. The molecule has 0 atom stereocenters. The van der Waals surface area contributed by atoms with Crippen molar-refractivity contribution in [1.29, 1.82) is 0 Å². The highest BCUT2D eigenvalue weighted by Gasteiger charge is 2.24. The highest BCUT2D eigenvalue weighted by molar-refractivity contribution is 7.92. The number of methoxy groups -OCH3 is 2. The van der Waals surface area contributed by atoms with Crippen LogP contribution in [0.25, 0.3) is 28.5 Å². The summed E-state index contributed by atoms with van der Waals surface area (Å²) in [5.41, 5.74) is 1.56. The number of imidazole rings is 1. The molecule has 0 fully saturated rings. The molecule has 33 heavy (non-hydrogen) atoms. The first kappa shape index (κ1) is 22.3. The van der Waals surface area contributed by atoms with Crippen LogP contribution in [0.3, 0.4) is 0 Å². The van der Waals surface area contributed by atoms with Gasteiger partial charge in [0.15, 0.2) is 22.9 Å². The van der Waals surface area contributed by atoms with Gasteiger partial charge < -0.3 is 14.2 Å². The van der Waals surface area contributed by atoms with Gasteiger partial charge in [-0.15, -0.1) is 0 Å². The lowest BCUT2D eigenvalue weighted by molar-refractivity contribution is 0.327. The largest absolute Gasteiger partial charge is 0.494 e. The summed E-state index contributed by atoms with van der Waals surface area (Å²) in [5.74, 6) is 1.84. The topological polar surface area (TPSA) is 130 Å². The number of ether oxygens (including phenoxy) is 3. The van der Waals surface area contributed by atoms with Crippen molar-refractivity contribution in [3.05, 3.63) is 42.6 Å². The molecular formula is C21H22N6O5S. The summed E-state index contributed by atoms with van der Waals surface area (Å²) in [6.45, 7) is 2.32. The second-order valence-corrected chi connectivity index (χ2v) is 8.60. The molecule has 0 bridgehead atoms. The van der Waals surface area contributed by atoms with Crippen LogP contribution < -0.4 is 18.9 Å². The summed E-state index contributed by atoms with van der Waals surface area (Å²) in [5, 5.41) is 0. The Labute approximate surface area is 190 Å². The highest BCUT2D eigenvalue weighted by atomic mass is 32.2. The maximum absolute atomic E-state index is 11.8. The molecule has 0 spiro atoms. The van der Waals surface area contributed by atoms with Crippen LogP contribution in [0.4, 0.5) is 5.82 Å². The van der Waals surface area contributed by atoms with Gasteiger partial charge in [0.2, 0.25) is 15.9 Å². The molecule has 0 unspecified atom stereocenters. The second kappa shape index (κ2) is 8.90. The van der Waals surface area contributed by atoms with Crippen molar-refractivity contribution in [3.8, 4) is 34.6 Å². The smallest absolute Gasteiger partial charge is 0.231 e. The molecule has 3 heterocycles. The quantitative estimate of drug-likeness (QED) is 0.413. The average molecular weight is 471 g/mol. The molecule has 12 heteroatoms. The number of rotatable bonds is 8. The Morgan fingerprint density at radius 2 is 1.70 bits per heavy atom. The van der Waals surface area contributed by atoms with Crippen molar-refractivity contribution >= 4 is 27.1 Å². The fourth-order valence-electron chi connectivity index (χ4n) is 3.29. The van der Waals surface area contributed by atoms with Gasteiger partial charge in [-0.2, -0.15) is 0 Å². The van der Waals surface area contributed by atoms with E-state index in [1.807, 2.05) is 6.92 Å². The van der Waals surface area contributed by atoms with Crippen LogP contribution in [0, 0.1) is 0 Å². The SMILES string of the molecule is CCOc1cccc(-c2nc3ncc(NS(C)(=O)=O)nc3n2-c2c(OC)cccc2OC)n1. The molecule has 11 nitrogen and oxygen atoms in total. The van der Waals surface area contributed by atoms with E-state index in [1.54, 1.807) is 41.0 Å². The second-order valence-electron chi connectivity index (χ2n) is 6.85. The Balaban J connectivity index is 2.06. The zero-order chi connectivity index (χ0) is 23.6. The van der Waals surface area contributed by atoms with Crippen LogP contribution in [-0.2, 0) is 10.0 Å². The summed E-state index contributed by atoms with van der Waals surface area (Å²) in [6, 6.07) is 10.6. The Hall–Kier alpha value is -3.93. The predicted octanol–water partition coefficient (Wildman–Crippen LogP) is 2.66. The van der Waals surface area contributed by atoms with Gasteiger partial charge >= 0.3 is 0 Å². The van der Waals surface area contributed by atoms with Gasteiger partial charge in [-0.3, -0.25) is 9.29 Å². The average Bonchev–Trinajstić information content (AvgIpc) is 3.16. The number of sulfonamides is 1. The summed E-state index contributed by atoms with van der Waals surface area (Å²) in [7, 11) is -0.497. The van der Waals surface area contributed by atoms with Gasteiger partial charge in [-0.25, -0.2) is 28.4 Å². The van der Waals surface area contributed by atoms with Gasteiger partial charge in [0, 0.05) is 6.07 Å². The van der Waals surface area contributed by atoms with Crippen LogP contribution in [0.2, 0.25) is 0 Å². The van der Waals surface area contributed by atoms with Crippen LogP contribution in [0.15, 0.2) is 42.6 Å². The van der Waals surface area contributed by atoms with E-state index in [9.17, 15) is 8.42 Å². The number of hydrogen-bond acceptors (Lipinski definition) is 9. The van der Waals surface area contributed by atoms with Crippen molar-refractivity contribution in [2.75, 3.05) is 31.8 Å². The molecule has 0 aliphatic carbocycles. The molecule has 172 valence electrons. The Morgan fingerprint density at radius 1 is 1.00 bits per heavy atom. The van der Waals surface area contributed by atoms with Crippen molar-refractivity contribution in [2.24, 2.45) is 0 Å². The lowest BCUT2D eigenvalue weighted by Gasteiger charge is -2.16. The summed E-state index contributed by atoms with van der Waals surface area (Å²) in [4.78, 5) is 18.0. The van der Waals surface area contributed by atoms with E-state index >= 15 is 0 Å². The third-order valence-corrected chi connectivity index (χ3v) is 5.11. The zero-order valence-electron chi connectivity index (χ0n) is 18.4. The zero-order valence-corrected chi connectivity index (χ0v) is 19.3. The van der Waals surface area contributed by atoms with Gasteiger partial charge in [-0.1, -0.05) is 12.1 Å². The Morgan fingerprint density at radius 3 is 2.33 bits per heavy atom. The summed E-state index contributed by atoms with van der Waals surface area (Å²) >= 11 is 0. The number of nitrogens with one attached hydrogen (secondary N) is 1. The third-order valence-electron chi connectivity index (χ3n) is 4.53. The van der Waals surface area contributed by atoms with Gasteiger partial charge in [0.05, 0.1) is 33.3 Å². The summed E-state index contributed by atoms with van der Waals surface area (Å²) in [6.07, 6.45) is 2.34. The standard InChI is InChI=1S/C21H22N6O5S/c1-5-32-17-11-6-8-13(23-17)20-25-19-21(24-16(12-22-19)26-33(4,28)29)27(20)18-14(30-2)9-7-10-15(18)31-3/h6-12H,5H2,1-4H3,(H,24,26). The molecule has 0 aliphatic heterocycles. The molecule has 0 radical (unpaired) electrons. The minimum atomic E-state index is -3.57. The first-order valence-electron chi connectivity index (χ1n) is 9.89. The number of benzene rings is 1. The molecule has 1 N–H and O–H groups in total. The molecule has 4 rings (SSSR count). The van der Waals surface area contributed by atoms with E-state index < -0.39 is 10.0 Å². The molecule has 0 amide bonds. The maximum Gasteiger partial charge on any atom is 0.231 e. The molecule has 0 saturated heterocycles. The normalized spacial score (nSPS) is 11.4. The Kier molecular flexibility index (Phi) is 6.01. The molecule has 0 saturated carbocycles. The van der Waals surface area contributed by atoms with E-state index in [4.69, 9.17) is 14.2 Å². The Bertz CT molecular complexity index is 1400. The fraction of sp³-hybridized carbons (Fsp3) is 0.238. The maximum atomic E-state index is 11.8. The number of nitrogens with zero attached hydrogens (tertiary/aromatic N) is 5. The molecule has 3 aromatic heterocycles. The van der Waals surface area contributed by atoms with Crippen molar-refractivity contribution in [3.63, 3.8) is 0 Å². The van der Waals surface area contributed by atoms with Crippen LogP contribution in [0.5, 0.6) is 17.4 Å². The van der Waals surface area contributed by atoms with Crippen molar-refractivity contribution in [2.45, 2.75) is 6.92 Å². The van der Waals surface area contributed by atoms with Crippen LogP contribution in [0.1, 0.15) is 6.92 Å². The van der Waals surface area contributed by atoms with Crippen molar-refractivity contribution < 1.29 is 22.6 Å². The monoisotopic (exact) mass is 470 g/mol. The van der Waals surface area contributed by atoms with E-state index in [0.717, 1.165) is 6.26 Å².